The van der Waals surface area contributed by atoms with Crippen LogP contribution in [0.25, 0.3) is 0 Å². The number of benzene rings is 1. The first kappa shape index (κ1) is 2.69. The smallest absolute Gasteiger partial charge is 0.0583 e. The van der Waals surface area contributed by atoms with Gasteiger partial charge in [0, 0.05) is 3.57 Å². The van der Waals surface area contributed by atoms with Gasteiger partial charge >= 0.3 is 0 Å². The standard InChI is InChI=1S/C7H7I/c1-6-2-4-7(8)5-3-6/h2-5H,1H3/i2D,3D,4D,5D. The fraction of sp³-hybridized carbons (Fsp3) is 0.143. The fourth-order valence-corrected chi connectivity index (χ4v) is 0.629. The van der Waals surface area contributed by atoms with Crippen molar-refractivity contribution in [3.8, 4) is 0 Å². The zero-order valence-corrected chi connectivity index (χ0v) is 6.54. The quantitative estimate of drug-likeness (QED) is 0.592. The van der Waals surface area contributed by atoms with Crippen molar-refractivity contribution in [2.45, 2.75) is 6.92 Å². The van der Waals surface area contributed by atoms with E-state index in [0.29, 0.717) is 9.13 Å². The van der Waals surface area contributed by atoms with Gasteiger partial charge in [0.2, 0.25) is 0 Å². The average molecular weight is 222 g/mol. The molecule has 1 aromatic carbocycles. The molecule has 42 valence electrons. The number of hydrogen-bond donors (Lipinski definition) is 0. The average Bonchev–Trinajstić information content (AvgIpc) is 2.08. The molecule has 0 fully saturated rings. The highest BCUT2D eigenvalue weighted by atomic mass is 127. The summed E-state index contributed by atoms with van der Waals surface area (Å²) in [7, 11) is 0. The summed E-state index contributed by atoms with van der Waals surface area (Å²) in [4.78, 5) is 0. The summed E-state index contributed by atoms with van der Waals surface area (Å²) < 4.78 is 30.1. The van der Waals surface area contributed by atoms with Gasteiger partial charge in [-0.1, -0.05) is 17.6 Å². The highest BCUT2D eigenvalue weighted by Gasteiger charge is 1.81. The molecule has 8 heavy (non-hydrogen) atoms. The number of hydrogen-bond acceptors (Lipinski definition) is 0. The molecule has 1 rings (SSSR count). The lowest BCUT2D eigenvalue weighted by Crippen LogP contribution is -1.69. The molecule has 0 atom stereocenters. The van der Waals surface area contributed by atoms with E-state index in [4.69, 9.17) is 5.48 Å². The third kappa shape index (κ3) is 1.47. The normalized spacial score (nSPS) is 16.2. The van der Waals surface area contributed by atoms with Crippen LogP contribution in [0.5, 0.6) is 0 Å². The molecule has 0 N–H and O–H groups in total. The maximum atomic E-state index is 7.43. The predicted molar refractivity (Wildman–Crippen MR) is 43.9 cm³/mol. The second kappa shape index (κ2) is 2.49. The van der Waals surface area contributed by atoms with Crippen LogP contribution in [0.2, 0.25) is 0 Å². The van der Waals surface area contributed by atoms with Gasteiger partial charge in [0.25, 0.3) is 0 Å². The van der Waals surface area contributed by atoms with Crippen molar-refractivity contribution in [3.05, 3.63) is 33.3 Å². The van der Waals surface area contributed by atoms with Crippen LogP contribution in [0.4, 0.5) is 0 Å². The molecule has 0 saturated heterocycles. The molecule has 1 heteroatoms. The lowest BCUT2D eigenvalue weighted by Gasteiger charge is -1.88. The molecule has 0 bridgehead atoms. The van der Waals surface area contributed by atoms with Gasteiger partial charge in [-0.05, 0) is 41.6 Å². The molecule has 1 aromatic rings. The minimum absolute atomic E-state index is 0.0501. The van der Waals surface area contributed by atoms with Crippen LogP contribution >= 0.6 is 22.6 Å². The van der Waals surface area contributed by atoms with E-state index in [1.165, 1.54) is 0 Å². The van der Waals surface area contributed by atoms with E-state index in [9.17, 15) is 0 Å². The maximum absolute atomic E-state index is 7.43. The zero-order chi connectivity index (χ0) is 9.46. The van der Waals surface area contributed by atoms with Crippen molar-refractivity contribution < 1.29 is 5.48 Å². The lowest BCUT2D eigenvalue weighted by molar-refractivity contribution is 1.46. The van der Waals surface area contributed by atoms with E-state index in [1.807, 2.05) is 22.6 Å². The third-order valence-electron chi connectivity index (χ3n) is 0.719. The van der Waals surface area contributed by atoms with E-state index in [0.717, 1.165) is 0 Å². The minimum Gasteiger partial charge on any atom is -0.0583 e. The van der Waals surface area contributed by atoms with Crippen molar-refractivity contribution in [2.24, 2.45) is 0 Å². The zero-order valence-electron chi connectivity index (χ0n) is 8.38. The summed E-state index contributed by atoms with van der Waals surface area (Å²) in [5, 5.41) is 0. The lowest BCUT2D eigenvalue weighted by atomic mass is 10.2. The summed E-state index contributed by atoms with van der Waals surface area (Å²) in [6.45, 7) is 1.59. The molecular formula is C7H7I. The van der Waals surface area contributed by atoms with Crippen molar-refractivity contribution in [2.75, 3.05) is 0 Å². The molecular weight excluding hydrogens is 211 g/mol. The first-order valence-corrected chi connectivity index (χ1v) is 3.27. The highest BCUT2D eigenvalue weighted by molar-refractivity contribution is 14.1. The first-order chi connectivity index (χ1) is 5.46. The molecule has 0 radical (unpaired) electrons. The molecule has 0 aliphatic carbocycles. The van der Waals surface area contributed by atoms with Crippen molar-refractivity contribution in [1.82, 2.24) is 0 Å². The van der Waals surface area contributed by atoms with E-state index in [-0.39, 0.29) is 24.2 Å². The topological polar surface area (TPSA) is 0 Å². The van der Waals surface area contributed by atoms with Crippen molar-refractivity contribution in [3.63, 3.8) is 0 Å². The summed E-state index contributed by atoms with van der Waals surface area (Å²) >= 11 is 1.82. The first-order valence-electron chi connectivity index (χ1n) is 4.19. The Morgan fingerprint density at radius 1 is 1.38 bits per heavy atom. The Labute approximate surface area is 68.7 Å². The van der Waals surface area contributed by atoms with Gasteiger partial charge in [0.05, 0.1) is 5.48 Å². The van der Waals surface area contributed by atoms with Crippen LogP contribution in [0.3, 0.4) is 0 Å². The maximum Gasteiger partial charge on any atom is 0.0634 e. The van der Waals surface area contributed by atoms with Gasteiger partial charge in [-0.2, -0.15) is 0 Å². The van der Waals surface area contributed by atoms with E-state index in [1.54, 1.807) is 6.92 Å². The molecule has 0 spiro atoms. The molecule has 0 heterocycles. The fourth-order valence-electron chi connectivity index (χ4n) is 0.360. The van der Waals surface area contributed by atoms with Gasteiger partial charge < -0.3 is 0 Å². The van der Waals surface area contributed by atoms with Crippen LogP contribution in [0, 0.1) is 10.5 Å². The summed E-state index contributed by atoms with van der Waals surface area (Å²) in [6, 6.07) is 0.212. The molecule has 0 aliphatic heterocycles. The molecule has 0 amide bonds. The largest absolute Gasteiger partial charge is 0.0634 e. The SMILES string of the molecule is [2H]c1c([2H])c(I)c([2H])c([2H])c1C. The van der Waals surface area contributed by atoms with Gasteiger partial charge in [-0.25, -0.2) is 0 Å². The highest BCUT2D eigenvalue weighted by Crippen LogP contribution is 2.04. The summed E-state index contributed by atoms with van der Waals surface area (Å²) in [5.74, 6) is 0. The Morgan fingerprint density at radius 3 is 2.38 bits per heavy atom. The van der Waals surface area contributed by atoms with Gasteiger partial charge in [-0.3, -0.25) is 0 Å². The minimum atomic E-state index is 0.0501. The monoisotopic (exact) mass is 222 g/mol. The van der Waals surface area contributed by atoms with Crippen LogP contribution < -0.4 is 0 Å². The van der Waals surface area contributed by atoms with Gasteiger partial charge in [0.15, 0.2) is 0 Å². The molecule has 0 nitrogen and oxygen atoms in total. The van der Waals surface area contributed by atoms with Crippen LogP contribution in [0.15, 0.2) is 24.2 Å². The Morgan fingerprint density at radius 2 is 1.88 bits per heavy atom. The van der Waals surface area contributed by atoms with Gasteiger partial charge in [0.1, 0.15) is 0 Å². The molecule has 0 saturated carbocycles. The number of rotatable bonds is 0. The summed E-state index contributed by atoms with van der Waals surface area (Å²) in [6.07, 6.45) is 0. The second-order valence-electron chi connectivity index (χ2n) is 1.44. The Hall–Kier alpha value is -0.0500. The molecule has 0 unspecified atom stereocenters. The van der Waals surface area contributed by atoms with Crippen LogP contribution in [-0.4, -0.2) is 0 Å². The van der Waals surface area contributed by atoms with E-state index >= 15 is 0 Å². The van der Waals surface area contributed by atoms with Crippen molar-refractivity contribution in [1.29, 1.82) is 0 Å². The van der Waals surface area contributed by atoms with E-state index < -0.39 is 0 Å². The van der Waals surface area contributed by atoms with E-state index in [2.05, 4.69) is 0 Å². The molecule has 0 aromatic heterocycles. The van der Waals surface area contributed by atoms with Crippen molar-refractivity contribution >= 4 is 22.6 Å². The third-order valence-corrected chi connectivity index (χ3v) is 1.26. The number of halogens is 1. The van der Waals surface area contributed by atoms with Gasteiger partial charge in [-0.15, -0.1) is 0 Å². The summed E-state index contributed by atoms with van der Waals surface area (Å²) in [5.41, 5.74) is 0.408. The second-order valence-corrected chi connectivity index (χ2v) is 2.52. The molecule has 0 aliphatic rings. The Kier molecular flexibility index (Phi) is 0.835. The van der Waals surface area contributed by atoms with Crippen LogP contribution in [0.1, 0.15) is 11.0 Å². The Bertz CT molecular complexity index is 230. The predicted octanol–water partition coefficient (Wildman–Crippen LogP) is 2.60. The van der Waals surface area contributed by atoms with Crippen LogP contribution in [-0.2, 0) is 0 Å². The Balaban J connectivity index is 3.60.